The van der Waals surface area contributed by atoms with E-state index in [9.17, 15) is 5.11 Å². The highest BCUT2D eigenvalue weighted by Gasteiger charge is 2.06. The predicted octanol–water partition coefficient (Wildman–Crippen LogP) is 6.03. The first-order chi connectivity index (χ1) is 10.1. The molecule has 0 aliphatic carbocycles. The first-order valence-corrected chi connectivity index (χ1v) is 7.24. The van der Waals surface area contributed by atoms with Crippen LogP contribution in [-0.4, -0.2) is 5.11 Å². The molecule has 0 fully saturated rings. The largest absolute Gasteiger partial charge is 0.508 e. The van der Waals surface area contributed by atoms with Crippen molar-refractivity contribution >= 4 is 23.2 Å². The van der Waals surface area contributed by atoms with Crippen LogP contribution in [-0.2, 0) is 0 Å². The number of hydrogen-bond donors (Lipinski definition) is 1. The van der Waals surface area contributed by atoms with Crippen LogP contribution < -0.4 is 0 Å². The highest BCUT2D eigenvalue weighted by Crippen LogP contribution is 2.33. The summed E-state index contributed by atoms with van der Waals surface area (Å²) >= 11 is 12.0. The van der Waals surface area contributed by atoms with Crippen LogP contribution in [0.1, 0.15) is 0 Å². The van der Waals surface area contributed by atoms with Crippen LogP contribution in [0.15, 0.2) is 66.7 Å². The molecule has 21 heavy (non-hydrogen) atoms. The minimum Gasteiger partial charge on any atom is -0.508 e. The smallest absolute Gasteiger partial charge is 0.116 e. The molecule has 1 nitrogen and oxygen atoms in total. The predicted molar refractivity (Wildman–Crippen MR) is 89.0 cm³/mol. The van der Waals surface area contributed by atoms with E-state index in [2.05, 4.69) is 0 Å². The molecular formula is C18H12Cl2O. The van der Waals surface area contributed by atoms with Crippen molar-refractivity contribution in [1.82, 2.24) is 0 Å². The van der Waals surface area contributed by atoms with Gasteiger partial charge < -0.3 is 5.11 Å². The van der Waals surface area contributed by atoms with Gasteiger partial charge in [-0.1, -0.05) is 59.6 Å². The average molecular weight is 315 g/mol. The van der Waals surface area contributed by atoms with E-state index in [0.29, 0.717) is 10.0 Å². The molecule has 0 saturated carbocycles. The lowest BCUT2D eigenvalue weighted by Gasteiger charge is -2.08. The first kappa shape index (κ1) is 14.0. The topological polar surface area (TPSA) is 20.2 Å². The third kappa shape index (κ3) is 3.05. The SMILES string of the molecule is Oc1cc(-c2ccccc2)cc(-c2ccc(Cl)c(Cl)c2)c1. The summed E-state index contributed by atoms with van der Waals surface area (Å²) < 4.78 is 0. The van der Waals surface area contributed by atoms with Gasteiger partial charge in [-0.2, -0.15) is 0 Å². The number of aromatic hydroxyl groups is 1. The summed E-state index contributed by atoms with van der Waals surface area (Å²) in [6, 6.07) is 20.8. The Morgan fingerprint density at radius 1 is 0.571 bits per heavy atom. The standard InChI is InChI=1S/C18H12Cl2O/c19-17-7-6-13(11-18(17)20)15-8-14(9-16(21)10-15)12-4-2-1-3-5-12/h1-11,21H. The first-order valence-electron chi connectivity index (χ1n) is 6.48. The lowest BCUT2D eigenvalue weighted by molar-refractivity contribution is 0.476. The van der Waals surface area contributed by atoms with Crippen molar-refractivity contribution in [2.75, 3.05) is 0 Å². The van der Waals surface area contributed by atoms with E-state index in [-0.39, 0.29) is 5.75 Å². The van der Waals surface area contributed by atoms with E-state index in [1.807, 2.05) is 42.5 Å². The fourth-order valence-electron chi connectivity index (χ4n) is 2.25. The average Bonchev–Trinajstić information content (AvgIpc) is 2.50. The van der Waals surface area contributed by atoms with Crippen molar-refractivity contribution in [2.24, 2.45) is 0 Å². The monoisotopic (exact) mass is 314 g/mol. The lowest BCUT2D eigenvalue weighted by atomic mass is 9.98. The highest BCUT2D eigenvalue weighted by molar-refractivity contribution is 6.42. The maximum atomic E-state index is 9.98. The van der Waals surface area contributed by atoms with Crippen LogP contribution >= 0.6 is 23.2 Å². The maximum absolute atomic E-state index is 9.98. The molecule has 0 spiro atoms. The summed E-state index contributed by atoms with van der Waals surface area (Å²) in [4.78, 5) is 0. The van der Waals surface area contributed by atoms with E-state index in [4.69, 9.17) is 23.2 Å². The third-order valence-electron chi connectivity index (χ3n) is 3.28. The second kappa shape index (κ2) is 5.80. The molecule has 0 amide bonds. The van der Waals surface area contributed by atoms with E-state index >= 15 is 0 Å². The van der Waals surface area contributed by atoms with Crippen LogP contribution in [0.5, 0.6) is 5.75 Å². The molecule has 3 aromatic carbocycles. The number of phenols is 1. The van der Waals surface area contributed by atoms with Gasteiger partial charge in [0.05, 0.1) is 10.0 Å². The molecule has 0 atom stereocenters. The van der Waals surface area contributed by atoms with Gasteiger partial charge in [0.25, 0.3) is 0 Å². The molecule has 0 aliphatic rings. The van der Waals surface area contributed by atoms with E-state index in [1.165, 1.54) is 0 Å². The Bertz CT molecular complexity index is 782. The molecule has 0 saturated heterocycles. The van der Waals surface area contributed by atoms with E-state index < -0.39 is 0 Å². The van der Waals surface area contributed by atoms with Crippen LogP contribution in [0.25, 0.3) is 22.3 Å². The molecule has 0 unspecified atom stereocenters. The summed E-state index contributed by atoms with van der Waals surface area (Å²) in [5.41, 5.74) is 3.82. The summed E-state index contributed by atoms with van der Waals surface area (Å²) in [5.74, 6) is 0.220. The Balaban J connectivity index is 2.11. The minimum atomic E-state index is 0.220. The maximum Gasteiger partial charge on any atom is 0.116 e. The second-order valence-corrected chi connectivity index (χ2v) is 5.58. The molecule has 0 aliphatic heterocycles. The zero-order chi connectivity index (χ0) is 14.8. The van der Waals surface area contributed by atoms with Gasteiger partial charge >= 0.3 is 0 Å². The van der Waals surface area contributed by atoms with Crippen molar-refractivity contribution in [3.63, 3.8) is 0 Å². The molecule has 0 bridgehead atoms. The Kier molecular flexibility index (Phi) is 3.87. The van der Waals surface area contributed by atoms with Gasteiger partial charge in [0.15, 0.2) is 0 Å². The van der Waals surface area contributed by atoms with E-state index in [0.717, 1.165) is 22.3 Å². The van der Waals surface area contributed by atoms with Crippen LogP contribution in [0.3, 0.4) is 0 Å². The number of phenolic OH excluding ortho intramolecular Hbond substituents is 1. The molecule has 3 rings (SSSR count). The fourth-order valence-corrected chi connectivity index (χ4v) is 2.55. The third-order valence-corrected chi connectivity index (χ3v) is 4.02. The fraction of sp³-hybridized carbons (Fsp3) is 0. The molecule has 1 N–H and O–H groups in total. The summed E-state index contributed by atoms with van der Waals surface area (Å²) in [6.07, 6.45) is 0. The molecule has 3 heteroatoms. The highest BCUT2D eigenvalue weighted by atomic mass is 35.5. The van der Waals surface area contributed by atoms with Crippen LogP contribution in [0.4, 0.5) is 0 Å². The van der Waals surface area contributed by atoms with Crippen LogP contribution in [0.2, 0.25) is 10.0 Å². The molecule has 104 valence electrons. The number of halogens is 2. The van der Waals surface area contributed by atoms with Gasteiger partial charge in [0.2, 0.25) is 0 Å². The minimum absolute atomic E-state index is 0.220. The zero-order valence-corrected chi connectivity index (χ0v) is 12.6. The quantitative estimate of drug-likeness (QED) is 0.612. The molecule has 0 aromatic heterocycles. The number of hydrogen-bond acceptors (Lipinski definition) is 1. The molecule has 0 radical (unpaired) electrons. The van der Waals surface area contributed by atoms with Crippen molar-refractivity contribution in [3.8, 4) is 28.0 Å². The summed E-state index contributed by atoms with van der Waals surface area (Å²) in [6.45, 7) is 0. The van der Waals surface area contributed by atoms with E-state index in [1.54, 1.807) is 24.3 Å². The van der Waals surface area contributed by atoms with Gasteiger partial charge in [0.1, 0.15) is 5.75 Å². The summed E-state index contributed by atoms with van der Waals surface area (Å²) in [7, 11) is 0. The normalized spacial score (nSPS) is 10.6. The van der Waals surface area contributed by atoms with Crippen molar-refractivity contribution < 1.29 is 5.11 Å². The van der Waals surface area contributed by atoms with Gasteiger partial charge in [-0.15, -0.1) is 0 Å². The Labute approximate surface area is 133 Å². The zero-order valence-electron chi connectivity index (χ0n) is 11.1. The van der Waals surface area contributed by atoms with Gasteiger partial charge in [-0.3, -0.25) is 0 Å². The van der Waals surface area contributed by atoms with Gasteiger partial charge in [0, 0.05) is 0 Å². The number of benzene rings is 3. The Hall–Kier alpha value is -1.96. The Morgan fingerprint density at radius 3 is 1.90 bits per heavy atom. The van der Waals surface area contributed by atoms with Gasteiger partial charge in [-0.25, -0.2) is 0 Å². The Morgan fingerprint density at radius 2 is 1.24 bits per heavy atom. The number of rotatable bonds is 2. The second-order valence-electron chi connectivity index (χ2n) is 4.76. The van der Waals surface area contributed by atoms with Crippen molar-refractivity contribution in [1.29, 1.82) is 0 Å². The van der Waals surface area contributed by atoms with Gasteiger partial charge in [-0.05, 0) is 52.6 Å². The van der Waals surface area contributed by atoms with Crippen LogP contribution in [0, 0.1) is 0 Å². The molecular weight excluding hydrogens is 303 g/mol. The molecule has 0 heterocycles. The molecule has 3 aromatic rings. The summed E-state index contributed by atoms with van der Waals surface area (Å²) in [5, 5.41) is 11.0. The lowest BCUT2D eigenvalue weighted by Crippen LogP contribution is -1.83. The van der Waals surface area contributed by atoms with Crippen molar-refractivity contribution in [3.05, 3.63) is 76.8 Å². The van der Waals surface area contributed by atoms with Crippen molar-refractivity contribution in [2.45, 2.75) is 0 Å².